The molecule has 1 aliphatic heterocycles. The summed E-state index contributed by atoms with van der Waals surface area (Å²) >= 11 is 9.59. The van der Waals surface area contributed by atoms with Crippen LogP contribution in [0.2, 0.25) is 5.02 Å². The molecule has 0 radical (unpaired) electrons. The quantitative estimate of drug-likeness (QED) is 0.492. The van der Waals surface area contributed by atoms with Gasteiger partial charge < -0.3 is 15.4 Å². The molecule has 0 aromatic heterocycles. The molecule has 0 saturated carbocycles. The van der Waals surface area contributed by atoms with Gasteiger partial charge in [-0.3, -0.25) is 9.59 Å². The second-order valence-electron chi connectivity index (χ2n) is 6.82. The summed E-state index contributed by atoms with van der Waals surface area (Å²) in [6.45, 7) is 0. The predicted molar refractivity (Wildman–Crippen MR) is 116 cm³/mol. The van der Waals surface area contributed by atoms with Crippen LogP contribution in [-0.4, -0.2) is 18.9 Å². The van der Waals surface area contributed by atoms with Crippen LogP contribution >= 0.6 is 27.5 Å². The lowest BCUT2D eigenvalue weighted by Crippen LogP contribution is -2.21. The Balaban J connectivity index is 1.79. The van der Waals surface area contributed by atoms with Crippen molar-refractivity contribution in [3.63, 3.8) is 0 Å². The second kappa shape index (κ2) is 8.28. The van der Waals surface area contributed by atoms with Crippen molar-refractivity contribution in [3.8, 4) is 5.75 Å². The maximum atomic E-state index is 13.9. The number of hydrogen-bond acceptors (Lipinski definition) is 3. The van der Waals surface area contributed by atoms with E-state index in [1.54, 1.807) is 12.1 Å². The van der Waals surface area contributed by atoms with E-state index in [0.717, 1.165) is 12.1 Å². The van der Waals surface area contributed by atoms with Crippen molar-refractivity contribution < 1.29 is 23.1 Å². The van der Waals surface area contributed by atoms with Gasteiger partial charge in [0.1, 0.15) is 17.4 Å². The number of fused-ring (bicyclic) bond motifs is 1. The fraction of sp³-hybridized carbons (Fsp3) is 0.0909. The standard InChI is InChI=1S/C22H14BrClF2N2O3/c1-31-14-5-10(4-13(26)8-14)21(29)27-18-7-11(23)6-16-19(18)20(28-22(16)30)15-9-12(25)2-3-17(15)24/h2-9,20H,1H3,(H,27,29)(H,28,30). The minimum atomic E-state index is -0.781. The smallest absolute Gasteiger partial charge is 0.255 e. The number of anilines is 1. The summed E-state index contributed by atoms with van der Waals surface area (Å²) in [5.41, 5.74) is 1.40. The van der Waals surface area contributed by atoms with Gasteiger partial charge >= 0.3 is 0 Å². The van der Waals surface area contributed by atoms with Crippen molar-refractivity contribution in [1.82, 2.24) is 5.32 Å². The van der Waals surface area contributed by atoms with Gasteiger partial charge in [-0.2, -0.15) is 0 Å². The highest BCUT2D eigenvalue weighted by atomic mass is 79.9. The van der Waals surface area contributed by atoms with Crippen molar-refractivity contribution in [3.05, 3.63) is 91.9 Å². The normalized spacial score (nSPS) is 14.7. The Hall–Kier alpha value is -2.97. The molecule has 0 saturated heterocycles. The molecule has 1 aliphatic rings. The summed E-state index contributed by atoms with van der Waals surface area (Å²) in [6.07, 6.45) is 0. The first-order valence-corrected chi connectivity index (χ1v) is 10.2. The monoisotopic (exact) mass is 506 g/mol. The number of methoxy groups -OCH3 is 1. The largest absolute Gasteiger partial charge is 0.497 e. The average molecular weight is 508 g/mol. The van der Waals surface area contributed by atoms with E-state index in [9.17, 15) is 18.4 Å². The Morgan fingerprint density at radius 2 is 1.90 bits per heavy atom. The molecular formula is C22H14BrClF2N2O3. The van der Waals surface area contributed by atoms with E-state index < -0.39 is 29.5 Å². The topological polar surface area (TPSA) is 67.4 Å². The van der Waals surface area contributed by atoms with E-state index >= 15 is 0 Å². The highest BCUT2D eigenvalue weighted by Crippen LogP contribution is 2.41. The molecule has 5 nitrogen and oxygen atoms in total. The van der Waals surface area contributed by atoms with Gasteiger partial charge in [0.2, 0.25) is 0 Å². The molecular weight excluding hydrogens is 494 g/mol. The lowest BCUT2D eigenvalue weighted by molar-refractivity contribution is 0.0959. The number of hydrogen-bond donors (Lipinski definition) is 2. The summed E-state index contributed by atoms with van der Waals surface area (Å²) in [7, 11) is 1.36. The Kier molecular flexibility index (Phi) is 5.68. The molecule has 0 fully saturated rings. The molecule has 3 aromatic rings. The first kappa shape index (κ1) is 21.3. The van der Waals surface area contributed by atoms with Crippen LogP contribution in [0.25, 0.3) is 0 Å². The maximum absolute atomic E-state index is 13.9. The van der Waals surface area contributed by atoms with Gasteiger partial charge in [0.25, 0.3) is 11.8 Å². The lowest BCUT2D eigenvalue weighted by Gasteiger charge is -2.18. The van der Waals surface area contributed by atoms with Crippen LogP contribution < -0.4 is 15.4 Å². The first-order chi connectivity index (χ1) is 14.8. The van der Waals surface area contributed by atoms with E-state index in [1.807, 2.05) is 0 Å². The van der Waals surface area contributed by atoms with Crippen LogP contribution in [0.3, 0.4) is 0 Å². The Morgan fingerprint density at radius 3 is 2.65 bits per heavy atom. The molecule has 3 aromatic carbocycles. The third kappa shape index (κ3) is 4.13. The fourth-order valence-corrected chi connectivity index (χ4v) is 4.16. The van der Waals surface area contributed by atoms with Gasteiger partial charge in [-0.15, -0.1) is 0 Å². The van der Waals surface area contributed by atoms with Crippen molar-refractivity contribution in [1.29, 1.82) is 0 Å². The van der Waals surface area contributed by atoms with Crippen molar-refractivity contribution in [2.45, 2.75) is 6.04 Å². The molecule has 4 rings (SSSR count). The predicted octanol–water partition coefficient (Wildman–Crippen LogP) is 5.47. The molecule has 1 unspecified atom stereocenters. The van der Waals surface area contributed by atoms with E-state index in [1.165, 1.54) is 31.4 Å². The molecule has 0 spiro atoms. The van der Waals surface area contributed by atoms with Crippen LogP contribution in [0.1, 0.15) is 37.9 Å². The van der Waals surface area contributed by atoms with Gasteiger partial charge in [-0.25, -0.2) is 8.78 Å². The number of halogens is 4. The van der Waals surface area contributed by atoms with Gasteiger partial charge in [0, 0.05) is 43.5 Å². The SMILES string of the molecule is COc1cc(F)cc(C(=O)Nc2cc(Br)cc3c2C(c2cc(F)ccc2Cl)NC3=O)c1. The number of benzene rings is 3. The highest BCUT2D eigenvalue weighted by Gasteiger charge is 2.34. The average Bonchev–Trinajstić information content (AvgIpc) is 3.05. The lowest BCUT2D eigenvalue weighted by atomic mass is 9.96. The van der Waals surface area contributed by atoms with Gasteiger partial charge in [0.15, 0.2) is 0 Å². The molecule has 9 heteroatoms. The maximum Gasteiger partial charge on any atom is 0.255 e. The third-order valence-electron chi connectivity index (χ3n) is 4.84. The fourth-order valence-electron chi connectivity index (χ4n) is 3.48. The zero-order chi connectivity index (χ0) is 22.3. The molecule has 1 atom stereocenters. The first-order valence-electron chi connectivity index (χ1n) is 9.02. The Labute approximate surface area is 189 Å². The highest BCUT2D eigenvalue weighted by molar-refractivity contribution is 9.10. The van der Waals surface area contributed by atoms with Crippen LogP contribution in [-0.2, 0) is 0 Å². The molecule has 2 N–H and O–H groups in total. The summed E-state index contributed by atoms with van der Waals surface area (Å²) in [4.78, 5) is 25.4. The number of carbonyl (C=O) groups is 2. The van der Waals surface area contributed by atoms with E-state index in [-0.39, 0.29) is 16.3 Å². The van der Waals surface area contributed by atoms with Crippen molar-refractivity contribution in [2.75, 3.05) is 12.4 Å². The number of amides is 2. The number of carbonyl (C=O) groups excluding carboxylic acids is 2. The Bertz CT molecular complexity index is 1240. The van der Waals surface area contributed by atoms with Crippen LogP contribution in [0.5, 0.6) is 5.75 Å². The van der Waals surface area contributed by atoms with Crippen molar-refractivity contribution >= 4 is 45.0 Å². The van der Waals surface area contributed by atoms with E-state index in [0.29, 0.717) is 26.9 Å². The third-order valence-corrected chi connectivity index (χ3v) is 5.64. The van der Waals surface area contributed by atoms with Crippen LogP contribution in [0.4, 0.5) is 14.5 Å². The van der Waals surface area contributed by atoms with Crippen LogP contribution in [0, 0.1) is 11.6 Å². The van der Waals surface area contributed by atoms with Gasteiger partial charge in [-0.05, 0) is 42.5 Å². The van der Waals surface area contributed by atoms with Gasteiger partial charge in [-0.1, -0.05) is 27.5 Å². The summed E-state index contributed by atoms with van der Waals surface area (Å²) in [5, 5.41) is 5.74. The minimum absolute atomic E-state index is 0.0307. The molecule has 158 valence electrons. The minimum Gasteiger partial charge on any atom is -0.497 e. The number of nitrogens with one attached hydrogen (secondary N) is 2. The summed E-state index contributed by atoms with van der Waals surface area (Å²) < 4.78 is 33.3. The van der Waals surface area contributed by atoms with Crippen molar-refractivity contribution in [2.24, 2.45) is 0 Å². The number of ether oxygens (including phenoxy) is 1. The number of rotatable bonds is 4. The summed E-state index contributed by atoms with van der Waals surface area (Å²) in [5.74, 6) is -1.97. The van der Waals surface area contributed by atoms with E-state index in [4.69, 9.17) is 16.3 Å². The van der Waals surface area contributed by atoms with Gasteiger partial charge in [0.05, 0.1) is 13.2 Å². The molecule has 0 aliphatic carbocycles. The second-order valence-corrected chi connectivity index (χ2v) is 8.14. The zero-order valence-corrected chi connectivity index (χ0v) is 18.3. The molecule has 0 bridgehead atoms. The van der Waals surface area contributed by atoms with E-state index in [2.05, 4.69) is 26.6 Å². The summed E-state index contributed by atoms with van der Waals surface area (Å²) in [6, 6.07) is 9.87. The molecule has 2 amide bonds. The zero-order valence-electron chi connectivity index (χ0n) is 15.9. The Morgan fingerprint density at radius 1 is 1.13 bits per heavy atom. The molecule has 1 heterocycles. The van der Waals surface area contributed by atoms with Crippen LogP contribution in [0.15, 0.2) is 53.0 Å². The molecule has 31 heavy (non-hydrogen) atoms.